The van der Waals surface area contributed by atoms with Gasteiger partial charge in [-0.1, -0.05) is 18.2 Å². The molecule has 2 aromatic rings. The van der Waals surface area contributed by atoms with E-state index in [0.29, 0.717) is 11.3 Å². The van der Waals surface area contributed by atoms with Gasteiger partial charge in [0.15, 0.2) is 16.4 Å². The van der Waals surface area contributed by atoms with Crippen LogP contribution < -0.4 is 15.6 Å². The maximum atomic E-state index is 12.1. The number of hydrazine groups is 1. The second-order valence-corrected chi connectivity index (χ2v) is 7.51. The number of ether oxygens (including phenoxy) is 1. The molecule has 2 N–H and O–H groups in total. The molecule has 0 saturated carbocycles. The van der Waals surface area contributed by atoms with E-state index in [-0.39, 0.29) is 23.7 Å². The number of hydrogen-bond acceptors (Lipinski definition) is 6. The number of carbonyl (C=O) groups excluding carboxylic acids is 2. The van der Waals surface area contributed by atoms with E-state index >= 15 is 0 Å². The monoisotopic (exact) mass is 387 g/mol. The van der Waals surface area contributed by atoms with Crippen LogP contribution in [0.5, 0.6) is 5.75 Å². The largest absolute Gasteiger partial charge is 0.484 e. The van der Waals surface area contributed by atoms with E-state index in [1.807, 2.05) is 6.07 Å². The minimum atomic E-state index is -3.57. The van der Waals surface area contributed by atoms with Gasteiger partial charge in [-0.3, -0.25) is 20.4 Å². The zero-order valence-electron chi connectivity index (χ0n) is 14.2. The molecule has 0 aliphatic heterocycles. The van der Waals surface area contributed by atoms with Crippen LogP contribution in [0.1, 0.15) is 12.0 Å². The quantitative estimate of drug-likeness (QED) is 0.681. The lowest BCUT2D eigenvalue weighted by Crippen LogP contribution is -2.44. The summed E-state index contributed by atoms with van der Waals surface area (Å²) < 4.78 is 29.3. The lowest BCUT2D eigenvalue weighted by Gasteiger charge is -2.09. The van der Waals surface area contributed by atoms with E-state index in [0.717, 1.165) is 0 Å². The van der Waals surface area contributed by atoms with Crippen molar-refractivity contribution < 1.29 is 22.7 Å². The Labute approximate surface area is 156 Å². The number of rotatable bonds is 7. The maximum absolute atomic E-state index is 12.1. The van der Waals surface area contributed by atoms with E-state index in [2.05, 4.69) is 10.9 Å². The van der Waals surface area contributed by atoms with E-state index in [9.17, 15) is 18.0 Å². The first-order valence-electron chi connectivity index (χ1n) is 7.89. The molecule has 27 heavy (non-hydrogen) atoms. The van der Waals surface area contributed by atoms with Crippen molar-refractivity contribution in [3.8, 4) is 11.8 Å². The van der Waals surface area contributed by atoms with Crippen molar-refractivity contribution in [2.45, 2.75) is 11.3 Å². The minimum absolute atomic E-state index is 0.137. The summed E-state index contributed by atoms with van der Waals surface area (Å²) in [5.74, 6) is -1.23. The van der Waals surface area contributed by atoms with Crippen molar-refractivity contribution in [3.05, 3.63) is 60.2 Å². The van der Waals surface area contributed by atoms with Gasteiger partial charge in [0.2, 0.25) is 5.91 Å². The number of hydrogen-bond donors (Lipinski definition) is 2. The molecule has 0 saturated heterocycles. The van der Waals surface area contributed by atoms with E-state index in [1.165, 1.54) is 12.1 Å². The van der Waals surface area contributed by atoms with E-state index in [1.54, 1.807) is 42.5 Å². The third-order valence-electron chi connectivity index (χ3n) is 3.39. The van der Waals surface area contributed by atoms with E-state index in [4.69, 9.17) is 10.00 Å². The van der Waals surface area contributed by atoms with Gasteiger partial charge < -0.3 is 4.74 Å². The highest BCUT2D eigenvalue weighted by Crippen LogP contribution is 2.11. The molecule has 2 aromatic carbocycles. The van der Waals surface area contributed by atoms with Gasteiger partial charge in [0.05, 0.1) is 22.3 Å². The van der Waals surface area contributed by atoms with Crippen molar-refractivity contribution in [3.63, 3.8) is 0 Å². The van der Waals surface area contributed by atoms with Gasteiger partial charge in [-0.25, -0.2) is 8.42 Å². The molecule has 0 radical (unpaired) electrons. The van der Waals surface area contributed by atoms with Crippen molar-refractivity contribution in [1.29, 1.82) is 5.26 Å². The Balaban J connectivity index is 1.71. The highest BCUT2D eigenvalue weighted by atomic mass is 32.2. The fourth-order valence-corrected chi connectivity index (χ4v) is 3.25. The van der Waals surface area contributed by atoms with Crippen LogP contribution in [-0.4, -0.2) is 32.6 Å². The second kappa shape index (κ2) is 9.35. The van der Waals surface area contributed by atoms with Gasteiger partial charge in [-0.15, -0.1) is 0 Å². The standard InChI is InChI=1S/C18H17N3O5S/c19-12-14-6-8-15(9-7-14)26-13-18(23)21-20-17(22)10-11-27(24,25)16-4-2-1-3-5-16/h1-9H,10-11,13H2,(H,20,22)(H,21,23). The molecule has 0 spiro atoms. The summed E-state index contributed by atoms with van der Waals surface area (Å²) in [6, 6.07) is 15.9. The second-order valence-electron chi connectivity index (χ2n) is 5.40. The zero-order valence-corrected chi connectivity index (χ0v) is 15.0. The molecule has 0 atom stereocenters. The van der Waals surface area contributed by atoms with Gasteiger partial charge >= 0.3 is 0 Å². The molecule has 0 aromatic heterocycles. The molecule has 2 amide bonds. The van der Waals surface area contributed by atoms with Gasteiger partial charge in [0.25, 0.3) is 5.91 Å². The number of benzene rings is 2. The first-order valence-corrected chi connectivity index (χ1v) is 9.54. The molecule has 0 fully saturated rings. The molecule has 8 nitrogen and oxygen atoms in total. The fourth-order valence-electron chi connectivity index (χ4n) is 1.99. The molecule has 0 heterocycles. The maximum Gasteiger partial charge on any atom is 0.276 e. The lowest BCUT2D eigenvalue weighted by atomic mass is 10.2. The topological polar surface area (TPSA) is 125 Å². The van der Waals surface area contributed by atoms with Crippen LogP contribution in [0.4, 0.5) is 0 Å². The first kappa shape index (κ1) is 19.9. The lowest BCUT2D eigenvalue weighted by molar-refractivity contribution is -0.129. The summed E-state index contributed by atoms with van der Waals surface area (Å²) in [4.78, 5) is 23.5. The van der Waals surface area contributed by atoms with Crippen LogP contribution in [0.2, 0.25) is 0 Å². The average molecular weight is 387 g/mol. The van der Waals surface area contributed by atoms with Crippen LogP contribution >= 0.6 is 0 Å². The summed E-state index contributed by atoms with van der Waals surface area (Å²) >= 11 is 0. The molecule has 0 aliphatic rings. The van der Waals surface area contributed by atoms with Crippen molar-refractivity contribution in [2.24, 2.45) is 0 Å². The molecule has 0 bridgehead atoms. The summed E-state index contributed by atoms with van der Waals surface area (Å²) in [7, 11) is -3.57. The summed E-state index contributed by atoms with van der Waals surface area (Å²) in [5, 5.41) is 8.69. The van der Waals surface area contributed by atoms with Gasteiger partial charge in [-0.05, 0) is 36.4 Å². The molecule has 140 valence electrons. The van der Waals surface area contributed by atoms with E-state index < -0.39 is 21.7 Å². The van der Waals surface area contributed by atoms with Crippen LogP contribution in [-0.2, 0) is 19.4 Å². The Morgan fingerprint density at radius 1 is 0.963 bits per heavy atom. The summed E-state index contributed by atoms with van der Waals surface area (Å²) in [6.45, 7) is -0.353. The van der Waals surface area contributed by atoms with Crippen LogP contribution in [0.15, 0.2) is 59.5 Å². The number of sulfone groups is 1. The number of nitriles is 1. The molecule has 2 rings (SSSR count). The molecule has 0 aliphatic carbocycles. The molecular formula is C18H17N3O5S. The average Bonchev–Trinajstić information content (AvgIpc) is 2.70. The number of nitrogens with zero attached hydrogens (tertiary/aromatic N) is 1. The third-order valence-corrected chi connectivity index (χ3v) is 5.13. The van der Waals surface area contributed by atoms with Crippen LogP contribution in [0, 0.1) is 11.3 Å². The summed E-state index contributed by atoms with van der Waals surface area (Å²) in [6.07, 6.45) is -0.298. The molecular weight excluding hydrogens is 370 g/mol. The SMILES string of the molecule is N#Cc1ccc(OCC(=O)NNC(=O)CCS(=O)(=O)c2ccccc2)cc1. The van der Waals surface area contributed by atoms with Crippen molar-refractivity contribution >= 4 is 21.7 Å². The Morgan fingerprint density at radius 3 is 2.22 bits per heavy atom. The Kier molecular flexibility index (Phi) is 6.91. The fraction of sp³-hybridized carbons (Fsp3) is 0.167. The smallest absolute Gasteiger partial charge is 0.276 e. The number of amides is 2. The summed E-state index contributed by atoms with van der Waals surface area (Å²) in [5.41, 5.74) is 4.74. The normalized spacial score (nSPS) is 10.5. The van der Waals surface area contributed by atoms with Gasteiger partial charge in [0, 0.05) is 6.42 Å². The minimum Gasteiger partial charge on any atom is -0.484 e. The zero-order chi connectivity index (χ0) is 19.7. The van der Waals surface area contributed by atoms with Crippen molar-refractivity contribution in [1.82, 2.24) is 10.9 Å². The van der Waals surface area contributed by atoms with Crippen molar-refractivity contribution in [2.75, 3.05) is 12.4 Å². The number of carbonyl (C=O) groups is 2. The predicted octanol–water partition coefficient (Wildman–Crippen LogP) is 0.948. The Bertz CT molecular complexity index is 935. The Hall–Kier alpha value is -3.38. The highest BCUT2D eigenvalue weighted by molar-refractivity contribution is 7.91. The third kappa shape index (κ3) is 6.45. The van der Waals surface area contributed by atoms with Crippen LogP contribution in [0.3, 0.4) is 0 Å². The first-order chi connectivity index (χ1) is 12.9. The molecule has 0 unspecified atom stereocenters. The number of nitrogens with one attached hydrogen (secondary N) is 2. The van der Waals surface area contributed by atoms with Gasteiger partial charge in [0.1, 0.15) is 5.75 Å². The Morgan fingerprint density at radius 2 is 1.59 bits per heavy atom. The van der Waals surface area contributed by atoms with Crippen LogP contribution in [0.25, 0.3) is 0 Å². The molecule has 9 heteroatoms. The highest BCUT2D eigenvalue weighted by Gasteiger charge is 2.16. The van der Waals surface area contributed by atoms with Gasteiger partial charge in [-0.2, -0.15) is 5.26 Å². The predicted molar refractivity (Wildman–Crippen MR) is 96.0 cm³/mol.